The van der Waals surface area contributed by atoms with E-state index in [4.69, 9.17) is 0 Å². The highest BCUT2D eigenvalue weighted by molar-refractivity contribution is 5.72. The van der Waals surface area contributed by atoms with Gasteiger partial charge < -0.3 is 4.79 Å². The molecule has 0 radical (unpaired) electrons. The van der Waals surface area contributed by atoms with Gasteiger partial charge in [0.25, 0.3) is 0 Å². The third-order valence-electron chi connectivity index (χ3n) is 0.805. The number of carbonyl (C=O) groups is 1. The molecule has 0 aliphatic carbocycles. The molecule has 0 fully saturated rings. The number of rotatable bonds is 2. The molecule has 0 aliphatic heterocycles. The first-order chi connectivity index (χ1) is 9.57. The lowest BCUT2D eigenvalue weighted by molar-refractivity contribution is -0.161. The molecule has 22 heavy (non-hydrogen) atoms. The standard InChI is InChI=1S/C6H14N2.C3H6O.C2F6N2/c1-5(2)7-8-6(3)4;1-3(2)4;3-1(4,5)9-10-2(6,7)8/h5-6H,1-4H3;1-2H3;. The fourth-order valence-corrected chi connectivity index (χ4v) is 0.380. The van der Waals surface area contributed by atoms with Crippen molar-refractivity contribution in [3.8, 4) is 0 Å². The molecule has 0 amide bonds. The van der Waals surface area contributed by atoms with E-state index in [2.05, 4.69) is 10.2 Å². The summed E-state index contributed by atoms with van der Waals surface area (Å²) in [4.78, 5) is 9.44. The minimum absolute atomic E-state index is 0.167. The molecule has 0 aliphatic rings. The Bertz CT molecular complexity index is 317. The monoisotopic (exact) mass is 338 g/mol. The third kappa shape index (κ3) is 51.4. The van der Waals surface area contributed by atoms with Crippen molar-refractivity contribution in [3.63, 3.8) is 0 Å². The highest BCUT2D eigenvalue weighted by Gasteiger charge is 2.33. The topological polar surface area (TPSA) is 66.5 Å². The first kappa shape index (κ1) is 25.4. The number of azo groups is 2. The predicted molar refractivity (Wildman–Crippen MR) is 68.4 cm³/mol. The van der Waals surface area contributed by atoms with Gasteiger partial charge in [-0.3, -0.25) is 0 Å². The summed E-state index contributed by atoms with van der Waals surface area (Å²) in [6.45, 7) is 11.1. The molecule has 0 aromatic rings. The maximum atomic E-state index is 10.8. The van der Waals surface area contributed by atoms with Crippen molar-refractivity contribution in [3.05, 3.63) is 0 Å². The van der Waals surface area contributed by atoms with Crippen molar-refractivity contribution in [1.82, 2.24) is 0 Å². The molecular weight excluding hydrogens is 318 g/mol. The molecule has 0 atom stereocenters. The number of carbonyl (C=O) groups excluding carboxylic acids is 1. The van der Waals surface area contributed by atoms with Gasteiger partial charge in [0, 0.05) is 0 Å². The maximum Gasteiger partial charge on any atom is 0.521 e. The van der Waals surface area contributed by atoms with Crippen LogP contribution in [0.4, 0.5) is 26.3 Å². The van der Waals surface area contributed by atoms with Gasteiger partial charge in [0.15, 0.2) is 0 Å². The van der Waals surface area contributed by atoms with Gasteiger partial charge in [-0.15, -0.1) is 26.3 Å². The second-order valence-electron chi connectivity index (χ2n) is 4.46. The van der Waals surface area contributed by atoms with Crippen LogP contribution in [-0.2, 0) is 4.79 Å². The Kier molecular flexibility index (Phi) is 13.9. The van der Waals surface area contributed by atoms with Gasteiger partial charge in [-0.2, -0.15) is 10.2 Å². The van der Waals surface area contributed by atoms with Crippen molar-refractivity contribution in [1.29, 1.82) is 0 Å². The number of halogens is 6. The third-order valence-corrected chi connectivity index (χ3v) is 0.805. The number of hydrogen-bond acceptors (Lipinski definition) is 5. The van der Waals surface area contributed by atoms with Crippen LogP contribution in [0.15, 0.2) is 20.5 Å². The van der Waals surface area contributed by atoms with Gasteiger partial charge in [-0.25, -0.2) is 0 Å². The second-order valence-corrected chi connectivity index (χ2v) is 4.46. The van der Waals surface area contributed by atoms with E-state index in [1.807, 2.05) is 27.7 Å². The Morgan fingerprint density at radius 2 is 0.909 bits per heavy atom. The van der Waals surface area contributed by atoms with E-state index in [0.29, 0.717) is 12.1 Å². The Morgan fingerprint density at radius 1 is 0.727 bits per heavy atom. The van der Waals surface area contributed by atoms with Crippen LogP contribution in [0.25, 0.3) is 0 Å². The fraction of sp³-hybridized carbons (Fsp3) is 0.909. The molecule has 0 saturated heterocycles. The maximum absolute atomic E-state index is 10.8. The van der Waals surface area contributed by atoms with Gasteiger partial charge in [0.2, 0.25) is 0 Å². The SMILES string of the molecule is CC(C)=O.CC(C)N=NC(C)C.FC(F)(F)N=NC(F)(F)F. The van der Waals surface area contributed by atoms with E-state index < -0.39 is 12.6 Å². The summed E-state index contributed by atoms with van der Waals surface area (Å²) in [5.74, 6) is 0.167. The number of hydrogen-bond donors (Lipinski definition) is 0. The lowest BCUT2D eigenvalue weighted by Gasteiger charge is -1.97. The quantitative estimate of drug-likeness (QED) is 0.381. The normalized spacial score (nSPS) is 12.3. The van der Waals surface area contributed by atoms with Crippen LogP contribution in [0, 0.1) is 0 Å². The average Bonchev–Trinajstić information content (AvgIpc) is 2.22. The van der Waals surface area contributed by atoms with Crippen molar-refractivity contribution in [2.75, 3.05) is 0 Å². The van der Waals surface area contributed by atoms with Gasteiger partial charge in [0.05, 0.1) is 12.1 Å². The molecule has 132 valence electrons. The average molecular weight is 338 g/mol. The summed E-state index contributed by atoms with van der Waals surface area (Å²) < 4.78 is 65.0. The predicted octanol–water partition coefficient (Wildman–Crippen LogP) is 5.33. The summed E-state index contributed by atoms with van der Waals surface area (Å²) in [6.07, 6.45) is -10.5. The highest BCUT2D eigenvalue weighted by atomic mass is 19.4. The smallest absolute Gasteiger partial charge is 0.300 e. The van der Waals surface area contributed by atoms with Crippen LogP contribution in [0.3, 0.4) is 0 Å². The number of ketones is 1. The van der Waals surface area contributed by atoms with E-state index in [1.165, 1.54) is 13.8 Å². The number of Topliss-reactive ketones (excluding diaryl/α,β-unsaturated/α-hetero) is 1. The largest absolute Gasteiger partial charge is 0.521 e. The summed E-state index contributed by atoms with van der Waals surface area (Å²) >= 11 is 0. The molecule has 5 nitrogen and oxygen atoms in total. The lowest BCUT2D eigenvalue weighted by atomic mass is 10.4. The fourth-order valence-electron chi connectivity index (χ4n) is 0.380. The van der Waals surface area contributed by atoms with Crippen molar-refractivity contribution < 1.29 is 31.1 Å². The van der Waals surface area contributed by atoms with Crippen molar-refractivity contribution >= 4 is 5.78 Å². The lowest BCUT2D eigenvalue weighted by Crippen LogP contribution is -2.06. The van der Waals surface area contributed by atoms with E-state index in [9.17, 15) is 31.1 Å². The number of alkyl halides is 6. The van der Waals surface area contributed by atoms with Crippen LogP contribution in [0.1, 0.15) is 41.5 Å². The van der Waals surface area contributed by atoms with E-state index in [-0.39, 0.29) is 5.78 Å². The second kappa shape index (κ2) is 12.0. The molecule has 11 heteroatoms. The van der Waals surface area contributed by atoms with E-state index in [1.54, 1.807) is 0 Å². The van der Waals surface area contributed by atoms with Crippen molar-refractivity contribution in [2.24, 2.45) is 20.5 Å². The van der Waals surface area contributed by atoms with Crippen molar-refractivity contribution in [2.45, 2.75) is 66.2 Å². The molecule has 0 N–H and O–H groups in total. The first-order valence-electron chi connectivity index (χ1n) is 6.01. The molecule has 0 heterocycles. The van der Waals surface area contributed by atoms with E-state index >= 15 is 0 Å². The van der Waals surface area contributed by atoms with E-state index in [0.717, 1.165) is 10.2 Å². The molecule has 0 spiro atoms. The summed E-state index contributed by atoms with van der Waals surface area (Å²) in [6, 6.07) is 0.690. The highest BCUT2D eigenvalue weighted by Crippen LogP contribution is 2.22. The molecule has 0 unspecified atom stereocenters. The Morgan fingerprint density at radius 3 is 1.00 bits per heavy atom. The number of nitrogens with zero attached hydrogens (tertiary/aromatic N) is 4. The zero-order valence-electron chi connectivity index (χ0n) is 13.1. The zero-order chi connectivity index (χ0) is 18.6. The minimum Gasteiger partial charge on any atom is -0.300 e. The van der Waals surface area contributed by atoms with Gasteiger partial charge in [-0.1, -0.05) is 10.2 Å². The van der Waals surface area contributed by atoms with Crippen LogP contribution >= 0.6 is 0 Å². The summed E-state index contributed by atoms with van der Waals surface area (Å²) in [5, 5.41) is 9.95. The summed E-state index contributed by atoms with van der Waals surface area (Å²) in [7, 11) is 0. The Balaban J connectivity index is -0.000000269. The zero-order valence-corrected chi connectivity index (χ0v) is 13.1. The summed E-state index contributed by atoms with van der Waals surface area (Å²) in [5.41, 5.74) is 0. The Hall–Kier alpha value is -1.55. The van der Waals surface area contributed by atoms with Gasteiger partial charge in [-0.05, 0) is 41.5 Å². The minimum atomic E-state index is -5.25. The molecule has 0 bridgehead atoms. The van der Waals surface area contributed by atoms with Crippen LogP contribution in [0.2, 0.25) is 0 Å². The Labute approximate surface area is 124 Å². The molecule has 0 saturated carbocycles. The van der Waals surface area contributed by atoms with Crippen LogP contribution < -0.4 is 0 Å². The molecule has 0 aromatic carbocycles. The molecule has 0 rings (SSSR count). The van der Waals surface area contributed by atoms with Crippen LogP contribution in [0.5, 0.6) is 0 Å². The van der Waals surface area contributed by atoms with Gasteiger partial charge >= 0.3 is 12.6 Å². The van der Waals surface area contributed by atoms with Gasteiger partial charge in [0.1, 0.15) is 5.78 Å². The first-order valence-corrected chi connectivity index (χ1v) is 6.01. The van der Waals surface area contributed by atoms with Crippen LogP contribution in [-0.4, -0.2) is 30.5 Å². The molecule has 0 aromatic heterocycles. The molecular formula is C11H20F6N4O.